The molecular formula is C14H16N2O4S. The van der Waals surface area contributed by atoms with E-state index in [0.29, 0.717) is 18.4 Å². The highest BCUT2D eigenvalue weighted by atomic mass is 32.2. The van der Waals surface area contributed by atoms with Crippen LogP contribution in [0.15, 0.2) is 24.5 Å². The first kappa shape index (κ1) is 14.1. The normalized spacial score (nSPS) is 18.7. The summed E-state index contributed by atoms with van der Waals surface area (Å²) in [7, 11) is -1.54. The van der Waals surface area contributed by atoms with Crippen LogP contribution in [0.4, 0.5) is 0 Å². The molecule has 0 aliphatic carbocycles. The van der Waals surface area contributed by atoms with Gasteiger partial charge in [-0.15, -0.1) is 0 Å². The third-order valence-corrected chi connectivity index (χ3v) is 5.62. The van der Waals surface area contributed by atoms with E-state index in [1.165, 1.54) is 7.11 Å². The fourth-order valence-corrected chi connectivity index (χ4v) is 4.21. The molecule has 0 N–H and O–H groups in total. The number of sulfone groups is 1. The fourth-order valence-electron chi connectivity index (χ4n) is 2.72. The van der Waals surface area contributed by atoms with Crippen LogP contribution in [0.1, 0.15) is 34.9 Å². The zero-order chi connectivity index (χ0) is 15.0. The molecule has 0 radical (unpaired) electrons. The van der Waals surface area contributed by atoms with Crippen molar-refractivity contribution < 1.29 is 17.9 Å². The number of nitrogens with zero attached hydrogens (tertiary/aromatic N) is 2. The Labute approximate surface area is 122 Å². The summed E-state index contributed by atoms with van der Waals surface area (Å²) in [6, 6.07) is 3.41. The molecule has 0 saturated carbocycles. The lowest BCUT2D eigenvalue weighted by Crippen LogP contribution is -2.23. The van der Waals surface area contributed by atoms with Crippen molar-refractivity contribution in [2.75, 3.05) is 18.6 Å². The van der Waals surface area contributed by atoms with Crippen molar-refractivity contribution in [2.24, 2.45) is 0 Å². The molecule has 0 aromatic carbocycles. The minimum Gasteiger partial charge on any atom is -0.465 e. The van der Waals surface area contributed by atoms with E-state index in [-0.39, 0.29) is 23.4 Å². The molecular weight excluding hydrogens is 292 g/mol. The summed E-state index contributed by atoms with van der Waals surface area (Å²) in [6.45, 7) is 0. The maximum absolute atomic E-state index is 11.5. The van der Waals surface area contributed by atoms with E-state index in [1.807, 2.05) is 4.40 Å². The van der Waals surface area contributed by atoms with Gasteiger partial charge in [0, 0.05) is 12.1 Å². The summed E-state index contributed by atoms with van der Waals surface area (Å²) in [5.74, 6) is 1.04. The van der Waals surface area contributed by atoms with E-state index in [0.717, 1.165) is 11.3 Å². The lowest BCUT2D eigenvalue weighted by Gasteiger charge is -2.20. The van der Waals surface area contributed by atoms with Crippen LogP contribution in [0.2, 0.25) is 0 Å². The second-order valence-corrected chi connectivity index (χ2v) is 7.55. The summed E-state index contributed by atoms with van der Waals surface area (Å²) < 4.78 is 29.6. The molecule has 2 aromatic rings. The SMILES string of the molecule is COC(=O)c1ccn2c(C3CCS(=O)(=O)CC3)ncc2c1. The maximum Gasteiger partial charge on any atom is 0.337 e. The number of ether oxygens (including phenoxy) is 1. The van der Waals surface area contributed by atoms with Crippen LogP contribution in [0, 0.1) is 0 Å². The summed E-state index contributed by atoms with van der Waals surface area (Å²) in [6.07, 6.45) is 4.68. The van der Waals surface area contributed by atoms with Crippen LogP contribution in [-0.2, 0) is 14.6 Å². The quantitative estimate of drug-likeness (QED) is 0.784. The average molecular weight is 308 g/mol. The van der Waals surface area contributed by atoms with Gasteiger partial charge in [0.05, 0.1) is 35.9 Å². The average Bonchev–Trinajstić information content (AvgIpc) is 2.89. The standard InChI is InChI=1S/C14H16N2O4S/c1-20-14(17)11-2-5-16-12(8-11)9-15-13(16)10-3-6-21(18,19)7-4-10/h2,5,8-10H,3-4,6-7H2,1H3. The zero-order valence-corrected chi connectivity index (χ0v) is 12.5. The third-order valence-electron chi connectivity index (χ3n) is 3.90. The number of fused-ring (bicyclic) bond motifs is 1. The molecule has 6 nitrogen and oxygen atoms in total. The first-order valence-corrected chi connectivity index (χ1v) is 8.58. The number of hydrogen-bond donors (Lipinski definition) is 0. The number of hydrogen-bond acceptors (Lipinski definition) is 5. The highest BCUT2D eigenvalue weighted by molar-refractivity contribution is 7.91. The number of esters is 1. The van der Waals surface area contributed by atoms with Gasteiger partial charge >= 0.3 is 5.97 Å². The smallest absolute Gasteiger partial charge is 0.337 e. The van der Waals surface area contributed by atoms with Gasteiger partial charge in [0.1, 0.15) is 15.7 Å². The van der Waals surface area contributed by atoms with Crippen molar-refractivity contribution >= 4 is 21.3 Å². The van der Waals surface area contributed by atoms with Crippen LogP contribution in [-0.4, -0.2) is 42.4 Å². The van der Waals surface area contributed by atoms with Crippen LogP contribution >= 0.6 is 0 Å². The van der Waals surface area contributed by atoms with Gasteiger partial charge in [0.15, 0.2) is 0 Å². The number of pyridine rings is 1. The first-order chi connectivity index (χ1) is 10.00. The molecule has 7 heteroatoms. The summed E-state index contributed by atoms with van der Waals surface area (Å²) in [4.78, 5) is 15.9. The topological polar surface area (TPSA) is 77.7 Å². The number of methoxy groups -OCH3 is 1. The second-order valence-electron chi connectivity index (χ2n) is 5.24. The lowest BCUT2D eigenvalue weighted by atomic mass is 10.0. The first-order valence-electron chi connectivity index (χ1n) is 6.76. The van der Waals surface area contributed by atoms with E-state index in [4.69, 9.17) is 4.74 Å². The number of carbonyl (C=O) groups is 1. The Hall–Kier alpha value is -1.89. The number of rotatable bonds is 2. The fraction of sp³-hybridized carbons (Fsp3) is 0.429. The van der Waals surface area contributed by atoms with E-state index in [1.54, 1.807) is 24.5 Å². The molecule has 1 aliphatic heterocycles. The molecule has 0 atom stereocenters. The highest BCUT2D eigenvalue weighted by Gasteiger charge is 2.27. The third kappa shape index (κ3) is 2.65. The molecule has 0 spiro atoms. The van der Waals surface area contributed by atoms with Gasteiger partial charge in [-0.25, -0.2) is 18.2 Å². The maximum atomic E-state index is 11.5. The largest absolute Gasteiger partial charge is 0.465 e. The van der Waals surface area contributed by atoms with Crippen LogP contribution < -0.4 is 0 Å². The molecule has 0 unspecified atom stereocenters. The van der Waals surface area contributed by atoms with Crippen molar-refractivity contribution in [1.29, 1.82) is 0 Å². The molecule has 1 saturated heterocycles. The molecule has 3 heterocycles. The van der Waals surface area contributed by atoms with Crippen molar-refractivity contribution in [3.63, 3.8) is 0 Å². The van der Waals surface area contributed by atoms with Gasteiger partial charge in [-0.05, 0) is 25.0 Å². The van der Waals surface area contributed by atoms with Crippen molar-refractivity contribution in [2.45, 2.75) is 18.8 Å². The van der Waals surface area contributed by atoms with Crippen LogP contribution in [0.3, 0.4) is 0 Å². The van der Waals surface area contributed by atoms with Crippen molar-refractivity contribution in [3.05, 3.63) is 35.9 Å². The van der Waals surface area contributed by atoms with Gasteiger partial charge in [0.25, 0.3) is 0 Å². The minimum atomic E-state index is -2.88. The van der Waals surface area contributed by atoms with Gasteiger partial charge in [-0.2, -0.15) is 0 Å². The Morgan fingerprint density at radius 1 is 1.38 bits per heavy atom. The van der Waals surface area contributed by atoms with Gasteiger partial charge in [-0.1, -0.05) is 0 Å². The Bertz CT molecular complexity index is 780. The molecule has 0 bridgehead atoms. The van der Waals surface area contributed by atoms with E-state index in [9.17, 15) is 13.2 Å². The number of aromatic nitrogens is 2. The Morgan fingerprint density at radius 2 is 2.10 bits per heavy atom. The molecule has 112 valence electrons. The Balaban J connectivity index is 1.93. The molecule has 1 aliphatic rings. The molecule has 0 amide bonds. The predicted molar refractivity (Wildman–Crippen MR) is 77.2 cm³/mol. The lowest BCUT2D eigenvalue weighted by molar-refractivity contribution is 0.0600. The van der Waals surface area contributed by atoms with Crippen molar-refractivity contribution in [3.8, 4) is 0 Å². The Morgan fingerprint density at radius 3 is 2.76 bits per heavy atom. The second kappa shape index (κ2) is 5.14. The Kier molecular flexibility index (Phi) is 3.44. The molecule has 2 aromatic heterocycles. The van der Waals surface area contributed by atoms with E-state index in [2.05, 4.69) is 4.98 Å². The van der Waals surface area contributed by atoms with E-state index < -0.39 is 9.84 Å². The number of carbonyl (C=O) groups excluding carboxylic acids is 1. The monoisotopic (exact) mass is 308 g/mol. The predicted octanol–water partition coefficient (Wildman–Crippen LogP) is 1.41. The van der Waals surface area contributed by atoms with Crippen molar-refractivity contribution in [1.82, 2.24) is 9.38 Å². The zero-order valence-electron chi connectivity index (χ0n) is 11.7. The molecule has 21 heavy (non-hydrogen) atoms. The summed E-state index contributed by atoms with van der Waals surface area (Å²) >= 11 is 0. The minimum absolute atomic E-state index is 0.139. The van der Waals surface area contributed by atoms with Gasteiger partial charge in [0.2, 0.25) is 0 Å². The van der Waals surface area contributed by atoms with Gasteiger partial charge < -0.3 is 9.14 Å². The summed E-state index contributed by atoms with van der Waals surface area (Å²) in [5.41, 5.74) is 1.28. The molecule has 3 rings (SSSR count). The highest BCUT2D eigenvalue weighted by Crippen LogP contribution is 2.29. The summed E-state index contributed by atoms with van der Waals surface area (Å²) in [5, 5.41) is 0. The van der Waals surface area contributed by atoms with E-state index >= 15 is 0 Å². The van der Waals surface area contributed by atoms with Crippen LogP contribution in [0.5, 0.6) is 0 Å². The number of imidazole rings is 1. The molecule has 1 fully saturated rings. The van der Waals surface area contributed by atoms with Gasteiger partial charge in [-0.3, -0.25) is 0 Å². The van der Waals surface area contributed by atoms with Crippen LogP contribution in [0.25, 0.3) is 5.52 Å².